The maximum absolute atomic E-state index is 5.46. The molecule has 0 radical (unpaired) electrons. The molecule has 1 aromatic carbocycles. The molecule has 0 spiro atoms. The van der Waals surface area contributed by atoms with Crippen LogP contribution < -0.4 is 4.74 Å². The van der Waals surface area contributed by atoms with Gasteiger partial charge in [-0.1, -0.05) is 6.07 Å². The molecule has 0 aliphatic carbocycles. The molecule has 1 aromatic rings. The zero-order chi connectivity index (χ0) is 13.0. The molecule has 2 nitrogen and oxygen atoms in total. The number of hydrogen-bond donors (Lipinski definition) is 0. The fraction of sp³-hybridized carbons (Fsp3) is 0.600. The Bertz CT molecular complexity index is 371. The summed E-state index contributed by atoms with van der Waals surface area (Å²) in [5.41, 5.74) is 3.94. The number of ether oxygens (including phenoxy) is 1. The first-order valence-corrected chi connectivity index (χ1v) is 6.30. The summed E-state index contributed by atoms with van der Waals surface area (Å²) in [6, 6.07) is 4.98. The Morgan fingerprint density at radius 3 is 2.29 bits per heavy atom. The van der Waals surface area contributed by atoms with Gasteiger partial charge in [0.15, 0.2) is 0 Å². The van der Waals surface area contributed by atoms with Gasteiger partial charge in [-0.25, -0.2) is 0 Å². The molecule has 0 unspecified atom stereocenters. The van der Waals surface area contributed by atoms with E-state index in [1.807, 2.05) is 0 Å². The second kappa shape index (κ2) is 6.06. The predicted molar refractivity (Wildman–Crippen MR) is 73.9 cm³/mol. The fourth-order valence-corrected chi connectivity index (χ4v) is 1.79. The zero-order valence-corrected chi connectivity index (χ0v) is 12.0. The Labute approximate surface area is 106 Å². The minimum atomic E-state index is 0.590. The van der Waals surface area contributed by atoms with Crippen molar-refractivity contribution in [2.75, 3.05) is 20.7 Å². The largest absolute Gasteiger partial charge is 0.496 e. The first-order valence-electron chi connectivity index (χ1n) is 6.30. The molecule has 0 saturated heterocycles. The Kier molecular flexibility index (Phi) is 5.01. The van der Waals surface area contributed by atoms with Gasteiger partial charge >= 0.3 is 0 Å². The van der Waals surface area contributed by atoms with Crippen LogP contribution in [0.1, 0.15) is 30.5 Å². The third-order valence-electron chi connectivity index (χ3n) is 3.51. The smallest absolute Gasteiger partial charge is 0.122 e. The van der Waals surface area contributed by atoms with Crippen LogP contribution in [0.4, 0.5) is 0 Å². The van der Waals surface area contributed by atoms with E-state index in [2.05, 4.69) is 51.8 Å². The van der Waals surface area contributed by atoms with E-state index in [0.717, 1.165) is 18.7 Å². The van der Waals surface area contributed by atoms with Gasteiger partial charge in [0, 0.05) is 12.6 Å². The summed E-state index contributed by atoms with van der Waals surface area (Å²) in [4.78, 5) is 2.36. The van der Waals surface area contributed by atoms with Crippen LogP contribution in [0.3, 0.4) is 0 Å². The van der Waals surface area contributed by atoms with Crippen molar-refractivity contribution in [3.63, 3.8) is 0 Å². The number of methoxy groups -OCH3 is 1. The lowest BCUT2D eigenvalue weighted by atomic mass is 10.0. The highest BCUT2D eigenvalue weighted by atomic mass is 16.5. The van der Waals surface area contributed by atoms with Crippen molar-refractivity contribution in [3.05, 3.63) is 28.8 Å². The van der Waals surface area contributed by atoms with Crippen molar-refractivity contribution < 1.29 is 4.74 Å². The van der Waals surface area contributed by atoms with Gasteiger partial charge in [-0.3, -0.25) is 0 Å². The Balaban J connectivity index is 2.79. The third-order valence-corrected chi connectivity index (χ3v) is 3.51. The summed E-state index contributed by atoms with van der Waals surface area (Å²) < 4.78 is 5.46. The molecule has 0 bridgehead atoms. The molecule has 0 atom stereocenters. The summed E-state index contributed by atoms with van der Waals surface area (Å²) in [6.07, 6.45) is 1.04. The van der Waals surface area contributed by atoms with Gasteiger partial charge in [0.1, 0.15) is 5.75 Å². The van der Waals surface area contributed by atoms with Gasteiger partial charge in [-0.15, -0.1) is 0 Å². The SMILES string of the molecule is COc1cc(C)c(C)cc1CCN(C)C(C)C. The number of benzene rings is 1. The van der Waals surface area contributed by atoms with Gasteiger partial charge in [0.05, 0.1) is 7.11 Å². The molecule has 0 saturated carbocycles. The highest BCUT2D eigenvalue weighted by Crippen LogP contribution is 2.23. The van der Waals surface area contributed by atoms with Crippen LogP contribution in [0.2, 0.25) is 0 Å². The van der Waals surface area contributed by atoms with Gasteiger partial charge < -0.3 is 9.64 Å². The van der Waals surface area contributed by atoms with E-state index >= 15 is 0 Å². The highest BCUT2D eigenvalue weighted by Gasteiger charge is 2.08. The lowest BCUT2D eigenvalue weighted by Gasteiger charge is -2.21. The molecule has 1 rings (SSSR count). The van der Waals surface area contributed by atoms with Crippen molar-refractivity contribution in [2.24, 2.45) is 0 Å². The Morgan fingerprint density at radius 2 is 1.76 bits per heavy atom. The summed E-state index contributed by atoms with van der Waals surface area (Å²) >= 11 is 0. The summed E-state index contributed by atoms with van der Waals surface area (Å²) in [5.74, 6) is 1.02. The maximum atomic E-state index is 5.46. The van der Waals surface area contributed by atoms with Crippen molar-refractivity contribution in [3.8, 4) is 5.75 Å². The van der Waals surface area contributed by atoms with Crippen LogP contribution >= 0.6 is 0 Å². The number of rotatable bonds is 5. The van der Waals surface area contributed by atoms with E-state index in [1.165, 1.54) is 16.7 Å². The number of aryl methyl sites for hydroxylation is 2. The van der Waals surface area contributed by atoms with Crippen LogP contribution in [0, 0.1) is 13.8 Å². The molecule has 17 heavy (non-hydrogen) atoms. The minimum Gasteiger partial charge on any atom is -0.496 e. The quantitative estimate of drug-likeness (QED) is 0.777. The molecule has 2 heteroatoms. The number of nitrogens with zero attached hydrogens (tertiary/aromatic N) is 1. The van der Waals surface area contributed by atoms with Gasteiger partial charge in [-0.2, -0.15) is 0 Å². The van der Waals surface area contributed by atoms with Gasteiger partial charge in [-0.05, 0) is 63.9 Å². The fourth-order valence-electron chi connectivity index (χ4n) is 1.79. The van der Waals surface area contributed by atoms with E-state index in [0.29, 0.717) is 6.04 Å². The molecule has 0 amide bonds. The molecule has 0 N–H and O–H groups in total. The van der Waals surface area contributed by atoms with Crippen LogP contribution in [-0.2, 0) is 6.42 Å². The lowest BCUT2D eigenvalue weighted by molar-refractivity contribution is 0.276. The zero-order valence-electron chi connectivity index (χ0n) is 12.0. The second-order valence-corrected chi connectivity index (χ2v) is 5.07. The number of likely N-dealkylation sites (N-methyl/N-ethyl adjacent to an activating group) is 1. The standard InChI is InChI=1S/C15H25NO/c1-11(2)16(5)8-7-14-9-12(3)13(4)10-15(14)17-6/h9-11H,7-8H2,1-6H3. The first kappa shape index (κ1) is 14.0. The average molecular weight is 235 g/mol. The molecular formula is C15H25NO. The van der Waals surface area contributed by atoms with Crippen LogP contribution in [0.25, 0.3) is 0 Å². The van der Waals surface area contributed by atoms with E-state index < -0.39 is 0 Å². The molecule has 0 aliphatic rings. The molecule has 0 heterocycles. The van der Waals surface area contributed by atoms with E-state index in [-0.39, 0.29) is 0 Å². The van der Waals surface area contributed by atoms with Crippen molar-refractivity contribution in [2.45, 2.75) is 40.2 Å². The lowest BCUT2D eigenvalue weighted by Crippen LogP contribution is -2.28. The third kappa shape index (κ3) is 3.74. The first-order chi connectivity index (χ1) is 7.95. The maximum Gasteiger partial charge on any atom is 0.122 e. The second-order valence-electron chi connectivity index (χ2n) is 5.07. The van der Waals surface area contributed by atoms with Gasteiger partial charge in [0.2, 0.25) is 0 Å². The van der Waals surface area contributed by atoms with E-state index in [4.69, 9.17) is 4.74 Å². The predicted octanol–water partition coefficient (Wildman–Crippen LogP) is 3.19. The van der Waals surface area contributed by atoms with Crippen molar-refractivity contribution >= 4 is 0 Å². The highest BCUT2D eigenvalue weighted by molar-refractivity contribution is 5.41. The Hall–Kier alpha value is -1.02. The monoisotopic (exact) mass is 235 g/mol. The summed E-state index contributed by atoms with van der Waals surface area (Å²) in [7, 11) is 3.91. The molecule has 0 aromatic heterocycles. The molecule has 0 aliphatic heterocycles. The average Bonchev–Trinajstić information content (AvgIpc) is 2.29. The van der Waals surface area contributed by atoms with Crippen LogP contribution in [0.15, 0.2) is 12.1 Å². The summed E-state index contributed by atoms with van der Waals surface area (Å²) in [5, 5.41) is 0. The molecule has 96 valence electrons. The molecule has 0 fully saturated rings. The van der Waals surface area contributed by atoms with Crippen molar-refractivity contribution in [1.29, 1.82) is 0 Å². The normalized spacial score (nSPS) is 11.3. The topological polar surface area (TPSA) is 12.5 Å². The van der Waals surface area contributed by atoms with Crippen molar-refractivity contribution in [1.82, 2.24) is 4.90 Å². The Morgan fingerprint density at radius 1 is 1.18 bits per heavy atom. The minimum absolute atomic E-state index is 0.590. The summed E-state index contributed by atoms with van der Waals surface area (Å²) in [6.45, 7) is 9.79. The number of hydrogen-bond acceptors (Lipinski definition) is 2. The van der Waals surface area contributed by atoms with Crippen LogP contribution in [0.5, 0.6) is 5.75 Å². The molecular weight excluding hydrogens is 210 g/mol. The van der Waals surface area contributed by atoms with E-state index in [9.17, 15) is 0 Å². The van der Waals surface area contributed by atoms with Crippen LogP contribution in [-0.4, -0.2) is 31.6 Å². The van der Waals surface area contributed by atoms with Gasteiger partial charge in [0.25, 0.3) is 0 Å². The van der Waals surface area contributed by atoms with E-state index in [1.54, 1.807) is 7.11 Å².